The molecule has 0 saturated carbocycles. The number of anilines is 2. The van der Waals surface area contributed by atoms with Crippen LogP contribution in [0.5, 0.6) is 11.5 Å². The lowest BCUT2D eigenvalue weighted by molar-refractivity contribution is -0.00140. The van der Waals surface area contributed by atoms with Crippen molar-refractivity contribution in [3.63, 3.8) is 0 Å². The van der Waals surface area contributed by atoms with Gasteiger partial charge in [-0.25, -0.2) is 14.8 Å². The third kappa shape index (κ3) is 6.81. The van der Waals surface area contributed by atoms with Gasteiger partial charge < -0.3 is 19.3 Å². The van der Waals surface area contributed by atoms with Gasteiger partial charge in [-0.15, -0.1) is 0 Å². The van der Waals surface area contributed by atoms with Crippen molar-refractivity contribution >= 4 is 17.7 Å². The normalized spacial score (nSPS) is 11.0. The number of amides is 2. The van der Waals surface area contributed by atoms with Crippen LogP contribution < -0.4 is 20.1 Å². The number of urea groups is 1. The van der Waals surface area contributed by atoms with Crippen LogP contribution in [0.15, 0.2) is 115 Å². The number of aromatic nitrogens is 2. The number of carbonyl (C=O) groups excluding carboxylic acids is 1. The number of ether oxygens (including phenoxy) is 3. The third-order valence-corrected chi connectivity index (χ3v) is 6.87. The fourth-order valence-electron chi connectivity index (χ4n) is 4.79. The lowest BCUT2D eigenvalue weighted by Crippen LogP contribution is -2.33. The number of benzene rings is 3. The molecule has 0 aliphatic carbocycles. The maximum Gasteiger partial charge on any atom is 0.326 e. The van der Waals surface area contributed by atoms with E-state index < -0.39 is 11.6 Å². The van der Waals surface area contributed by atoms with Gasteiger partial charge in [0.05, 0.1) is 38.8 Å². The Hall–Kier alpha value is -5.25. The number of carbonyl (C=O) groups is 1. The lowest BCUT2D eigenvalue weighted by atomic mass is 9.80. The fourth-order valence-corrected chi connectivity index (χ4v) is 4.79. The monoisotopic (exact) mass is 576 g/mol. The van der Waals surface area contributed by atoms with Gasteiger partial charge in [0.15, 0.2) is 0 Å². The molecular formula is C34H32N4O5. The summed E-state index contributed by atoms with van der Waals surface area (Å²) in [5.41, 5.74) is 2.78. The van der Waals surface area contributed by atoms with Crippen LogP contribution in [0.1, 0.15) is 28.1 Å². The summed E-state index contributed by atoms with van der Waals surface area (Å²) >= 11 is 0. The Morgan fingerprint density at radius 3 is 1.65 bits per heavy atom. The van der Waals surface area contributed by atoms with Crippen LogP contribution in [0, 0.1) is 0 Å². The highest BCUT2D eigenvalue weighted by Gasteiger charge is 2.38. The molecule has 2 amide bonds. The van der Waals surface area contributed by atoms with E-state index in [4.69, 9.17) is 14.2 Å². The average Bonchev–Trinajstić information content (AvgIpc) is 3.06. The molecule has 2 heterocycles. The van der Waals surface area contributed by atoms with Crippen molar-refractivity contribution in [1.29, 1.82) is 0 Å². The highest BCUT2D eigenvalue weighted by atomic mass is 16.5. The molecule has 0 aliphatic rings. The standard InChI is InChI=1S/C34H32N4O5/c1-41-29-18-14-25(15-19-29)34(24-8-4-3-5-9-24,26-16-20-30(42-2)21-17-26)43-23-28-11-7-13-32(36-28)38-33(40)37-31-12-6-10-27(22-39)35-31/h3-21,39H,22-23H2,1-2H3,(H2,35,36,37,38,40). The number of rotatable bonds is 11. The summed E-state index contributed by atoms with van der Waals surface area (Å²) in [6.45, 7) is -0.0948. The Labute approximate surface area is 250 Å². The molecule has 5 rings (SSSR count). The predicted molar refractivity (Wildman–Crippen MR) is 164 cm³/mol. The Bertz CT molecular complexity index is 1600. The van der Waals surface area contributed by atoms with Crippen LogP contribution in [0.2, 0.25) is 0 Å². The highest BCUT2D eigenvalue weighted by molar-refractivity contribution is 5.98. The van der Waals surface area contributed by atoms with Crippen LogP contribution in [0.25, 0.3) is 0 Å². The maximum absolute atomic E-state index is 12.7. The third-order valence-electron chi connectivity index (χ3n) is 6.87. The molecule has 3 N–H and O–H groups in total. The minimum absolute atomic E-state index is 0.129. The van der Waals surface area contributed by atoms with E-state index in [1.807, 2.05) is 84.9 Å². The maximum atomic E-state index is 12.7. The van der Waals surface area contributed by atoms with Crippen molar-refractivity contribution in [3.8, 4) is 11.5 Å². The minimum Gasteiger partial charge on any atom is -0.497 e. The van der Waals surface area contributed by atoms with Gasteiger partial charge >= 0.3 is 6.03 Å². The van der Waals surface area contributed by atoms with Gasteiger partial charge in [-0.1, -0.05) is 66.7 Å². The highest BCUT2D eigenvalue weighted by Crippen LogP contribution is 2.42. The average molecular weight is 577 g/mol. The van der Waals surface area contributed by atoms with Crippen molar-refractivity contribution in [3.05, 3.63) is 143 Å². The topological polar surface area (TPSA) is 115 Å². The number of nitrogens with zero attached hydrogens (tertiary/aromatic N) is 2. The van der Waals surface area contributed by atoms with E-state index in [0.29, 0.717) is 23.0 Å². The molecule has 0 aliphatic heterocycles. The predicted octanol–water partition coefficient (Wildman–Crippen LogP) is 6.14. The van der Waals surface area contributed by atoms with E-state index in [0.717, 1.165) is 28.2 Å². The van der Waals surface area contributed by atoms with Gasteiger partial charge in [0.1, 0.15) is 28.7 Å². The smallest absolute Gasteiger partial charge is 0.326 e. The Morgan fingerprint density at radius 1 is 0.651 bits per heavy atom. The van der Waals surface area contributed by atoms with Crippen LogP contribution >= 0.6 is 0 Å². The zero-order valence-electron chi connectivity index (χ0n) is 23.9. The summed E-state index contributed by atoms with van der Waals surface area (Å²) in [4.78, 5) is 21.5. The van der Waals surface area contributed by atoms with Crippen LogP contribution in [0.3, 0.4) is 0 Å². The Morgan fingerprint density at radius 2 is 1.14 bits per heavy atom. The second-order valence-corrected chi connectivity index (χ2v) is 9.56. The molecule has 5 aromatic rings. The number of hydrogen-bond acceptors (Lipinski definition) is 7. The van der Waals surface area contributed by atoms with Gasteiger partial charge in [0.25, 0.3) is 0 Å². The molecule has 2 aromatic heterocycles. The molecule has 0 unspecified atom stereocenters. The zero-order valence-corrected chi connectivity index (χ0v) is 23.9. The first-order chi connectivity index (χ1) is 21.0. The van der Waals surface area contributed by atoms with E-state index in [9.17, 15) is 9.90 Å². The summed E-state index contributed by atoms with van der Waals surface area (Å²) < 4.78 is 17.7. The second kappa shape index (κ2) is 13.6. The molecule has 0 atom stereocenters. The van der Waals surface area contributed by atoms with E-state index >= 15 is 0 Å². The fraction of sp³-hybridized carbons (Fsp3) is 0.147. The number of hydrogen-bond donors (Lipinski definition) is 3. The van der Waals surface area contributed by atoms with Gasteiger partial charge in [-0.05, 0) is 65.2 Å². The number of pyridine rings is 2. The Kier molecular flexibility index (Phi) is 9.26. The molecule has 218 valence electrons. The van der Waals surface area contributed by atoms with Crippen LogP contribution in [-0.2, 0) is 23.6 Å². The van der Waals surface area contributed by atoms with E-state index in [-0.39, 0.29) is 13.2 Å². The van der Waals surface area contributed by atoms with Gasteiger partial charge in [-0.2, -0.15) is 0 Å². The molecule has 0 spiro atoms. The van der Waals surface area contributed by atoms with Crippen molar-refractivity contribution < 1.29 is 24.1 Å². The SMILES string of the molecule is COc1ccc(C(OCc2cccc(NC(=O)Nc3cccc(CO)n3)n2)(c2ccccc2)c2ccc(OC)cc2)cc1. The molecule has 0 fully saturated rings. The molecule has 9 nitrogen and oxygen atoms in total. The molecule has 9 heteroatoms. The molecular weight excluding hydrogens is 544 g/mol. The summed E-state index contributed by atoms with van der Waals surface area (Å²) in [7, 11) is 3.27. The van der Waals surface area contributed by atoms with Crippen molar-refractivity contribution in [2.75, 3.05) is 24.9 Å². The first-order valence-corrected chi connectivity index (χ1v) is 13.6. The first-order valence-electron chi connectivity index (χ1n) is 13.6. The van der Waals surface area contributed by atoms with Crippen molar-refractivity contribution in [1.82, 2.24) is 9.97 Å². The summed E-state index contributed by atoms with van der Waals surface area (Å²) in [5, 5.41) is 14.7. The van der Waals surface area contributed by atoms with Gasteiger partial charge in [0.2, 0.25) is 0 Å². The van der Waals surface area contributed by atoms with E-state index in [1.165, 1.54) is 0 Å². The van der Waals surface area contributed by atoms with Crippen LogP contribution in [0.4, 0.5) is 16.4 Å². The lowest BCUT2D eigenvalue weighted by Gasteiger charge is -2.36. The van der Waals surface area contributed by atoms with Gasteiger partial charge in [0, 0.05) is 0 Å². The zero-order chi connectivity index (χ0) is 30.1. The van der Waals surface area contributed by atoms with Crippen LogP contribution in [-0.4, -0.2) is 35.3 Å². The molecule has 0 saturated heterocycles. The summed E-state index contributed by atoms with van der Waals surface area (Å²) in [5.74, 6) is 2.13. The van der Waals surface area contributed by atoms with E-state index in [1.54, 1.807) is 44.6 Å². The number of methoxy groups -OCH3 is 2. The van der Waals surface area contributed by atoms with E-state index in [2.05, 4.69) is 20.6 Å². The van der Waals surface area contributed by atoms with Crippen molar-refractivity contribution in [2.24, 2.45) is 0 Å². The minimum atomic E-state index is -1.01. The molecule has 3 aromatic carbocycles. The Balaban J connectivity index is 1.45. The van der Waals surface area contributed by atoms with Gasteiger partial charge in [-0.3, -0.25) is 10.6 Å². The molecule has 43 heavy (non-hydrogen) atoms. The quantitative estimate of drug-likeness (QED) is 0.162. The first kappa shape index (κ1) is 29.2. The molecule has 0 radical (unpaired) electrons. The number of nitrogens with one attached hydrogen (secondary N) is 2. The van der Waals surface area contributed by atoms with Crippen molar-refractivity contribution in [2.45, 2.75) is 18.8 Å². The summed E-state index contributed by atoms with van der Waals surface area (Å²) in [6, 6.07) is 35.4. The number of aliphatic hydroxyl groups excluding tert-OH is 1. The number of aliphatic hydroxyl groups is 1. The summed E-state index contributed by atoms with van der Waals surface area (Å²) in [6.07, 6.45) is 0. The molecule has 0 bridgehead atoms. The largest absolute Gasteiger partial charge is 0.497 e. The second-order valence-electron chi connectivity index (χ2n) is 9.56.